The van der Waals surface area contributed by atoms with Crippen LogP contribution in [0.25, 0.3) is 49.3 Å². The first kappa shape index (κ1) is 17.3. The Morgan fingerprint density at radius 2 is 1.19 bits per heavy atom. The van der Waals surface area contributed by atoms with Crippen LogP contribution in [0.1, 0.15) is 11.1 Å². The molecule has 0 N–H and O–H groups in total. The standard InChI is InChI=1S/C27H16N4/c1-30-24-5-3-2-4-20(24)21-9-8-19(14-27(21)30)31-25-10-6-17(15-28)12-22(25)23-13-18(16-29)7-11-26(23)31/h2-14H,1H3. The van der Waals surface area contributed by atoms with E-state index in [0.29, 0.717) is 11.1 Å². The fraction of sp³-hybridized carbons (Fsp3) is 0.0370. The van der Waals surface area contributed by atoms with E-state index in [0.717, 1.165) is 33.0 Å². The smallest absolute Gasteiger partial charge is 0.0991 e. The highest BCUT2D eigenvalue weighted by atomic mass is 15.0. The van der Waals surface area contributed by atoms with Gasteiger partial charge in [0.2, 0.25) is 0 Å². The number of hydrogen-bond acceptors (Lipinski definition) is 2. The summed E-state index contributed by atoms with van der Waals surface area (Å²) in [5.74, 6) is 0. The highest BCUT2D eigenvalue weighted by Crippen LogP contribution is 2.35. The van der Waals surface area contributed by atoms with Gasteiger partial charge in [0, 0.05) is 39.8 Å². The van der Waals surface area contributed by atoms with Crippen LogP contribution in [0.3, 0.4) is 0 Å². The molecule has 6 aromatic rings. The van der Waals surface area contributed by atoms with Gasteiger partial charge in [-0.2, -0.15) is 10.5 Å². The van der Waals surface area contributed by atoms with Crippen LogP contribution in [0.2, 0.25) is 0 Å². The predicted octanol–water partition coefficient (Wildman–Crippen LogP) is 6.17. The molecule has 4 heteroatoms. The van der Waals surface area contributed by atoms with E-state index in [1.165, 1.54) is 16.3 Å². The van der Waals surface area contributed by atoms with E-state index in [1.807, 2.05) is 36.4 Å². The van der Waals surface area contributed by atoms with Crippen LogP contribution in [-0.4, -0.2) is 9.13 Å². The molecule has 0 atom stereocenters. The second-order valence-corrected chi connectivity index (χ2v) is 7.80. The van der Waals surface area contributed by atoms with Gasteiger partial charge in [-0.15, -0.1) is 0 Å². The third-order valence-electron chi connectivity index (χ3n) is 6.18. The lowest BCUT2D eigenvalue weighted by molar-refractivity contribution is 1.01. The van der Waals surface area contributed by atoms with Crippen molar-refractivity contribution in [3.05, 3.63) is 90.0 Å². The van der Waals surface area contributed by atoms with E-state index in [9.17, 15) is 10.5 Å². The van der Waals surface area contributed by atoms with Gasteiger partial charge in [-0.3, -0.25) is 0 Å². The van der Waals surface area contributed by atoms with Crippen LogP contribution in [-0.2, 0) is 7.05 Å². The zero-order valence-corrected chi connectivity index (χ0v) is 16.8. The molecule has 0 aliphatic heterocycles. The lowest BCUT2D eigenvalue weighted by Gasteiger charge is -2.09. The lowest BCUT2D eigenvalue weighted by Crippen LogP contribution is -1.95. The minimum absolute atomic E-state index is 0.609. The van der Waals surface area contributed by atoms with Crippen LogP contribution in [0.5, 0.6) is 0 Å². The van der Waals surface area contributed by atoms with E-state index in [4.69, 9.17) is 0 Å². The summed E-state index contributed by atoms with van der Waals surface area (Å²) in [7, 11) is 2.10. The van der Waals surface area contributed by atoms with Gasteiger partial charge in [0.05, 0.1) is 39.8 Å². The van der Waals surface area contributed by atoms with Crippen LogP contribution < -0.4 is 0 Å². The van der Waals surface area contributed by atoms with E-state index in [-0.39, 0.29) is 0 Å². The van der Waals surface area contributed by atoms with Crippen LogP contribution in [0.4, 0.5) is 0 Å². The van der Waals surface area contributed by atoms with Crippen molar-refractivity contribution in [2.75, 3.05) is 0 Å². The molecule has 4 nitrogen and oxygen atoms in total. The second-order valence-electron chi connectivity index (χ2n) is 7.80. The molecule has 6 rings (SSSR count). The third-order valence-corrected chi connectivity index (χ3v) is 6.18. The molecule has 2 aromatic heterocycles. The summed E-state index contributed by atoms with van der Waals surface area (Å²) < 4.78 is 4.44. The maximum Gasteiger partial charge on any atom is 0.0991 e. The van der Waals surface area contributed by atoms with Crippen LogP contribution in [0, 0.1) is 22.7 Å². The van der Waals surface area contributed by atoms with Crippen molar-refractivity contribution in [1.29, 1.82) is 10.5 Å². The Balaban J connectivity index is 1.73. The van der Waals surface area contributed by atoms with Crippen molar-refractivity contribution in [2.24, 2.45) is 7.05 Å². The van der Waals surface area contributed by atoms with Gasteiger partial charge in [0.1, 0.15) is 0 Å². The van der Waals surface area contributed by atoms with Gasteiger partial charge in [-0.05, 0) is 54.6 Å². The first-order valence-electron chi connectivity index (χ1n) is 10.1. The molecule has 2 heterocycles. The summed E-state index contributed by atoms with van der Waals surface area (Å²) in [6, 6.07) is 30.9. The van der Waals surface area contributed by atoms with E-state index in [1.54, 1.807) is 0 Å². The highest BCUT2D eigenvalue weighted by Gasteiger charge is 2.15. The topological polar surface area (TPSA) is 57.4 Å². The number of nitriles is 2. The van der Waals surface area contributed by atoms with Gasteiger partial charge >= 0.3 is 0 Å². The molecule has 0 bridgehead atoms. The minimum Gasteiger partial charge on any atom is -0.344 e. The predicted molar refractivity (Wildman–Crippen MR) is 124 cm³/mol. The molecule has 0 unspecified atom stereocenters. The van der Waals surface area contributed by atoms with E-state index >= 15 is 0 Å². The monoisotopic (exact) mass is 396 g/mol. The van der Waals surface area contributed by atoms with Crippen molar-refractivity contribution in [2.45, 2.75) is 0 Å². The summed E-state index contributed by atoms with van der Waals surface area (Å²) in [5.41, 5.74) is 6.67. The van der Waals surface area contributed by atoms with Gasteiger partial charge in [0.25, 0.3) is 0 Å². The first-order chi connectivity index (χ1) is 15.2. The number of para-hydroxylation sites is 1. The Hall–Kier alpha value is -4.54. The molecule has 31 heavy (non-hydrogen) atoms. The fourth-order valence-corrected chi connectivity index (χ4v) is 4.73. The maximum atomic E-state index is 9.40. The van der Waals surface area contributed by atoms with Gasteiger partial charge in [-0.25, -0.2) is 0 Å². The van der Waals surface area contributed by atoms with Crippen molar-refractivity contribution < 1.29 is 0 Å². The summed E-state index contributed by atoms with van der Waals surface area (Å²) in [6.07, 6.45) is 0. The normalized spacial score (nSPS) is 11.3. The quantitative estimate of drug-likeness (QED) is 0.334. The van der Waals surface area contributed by atoms with Crippen molar-refractivity contribution in [3.63, 3.8) is 0 Å². The van der Waals surface area contributed by atoms with Crippen LogP contribution in [0.15, 0.2) is 78.9 Å². The number of benzene rings is 4. The van der Waals surface area contributed by atoms with Crippen molar-refractivity contribution >= 4 is 43.6 Å². The molecule has 0 saturated carbocycles. The third kappa shape index (κ3) is 2.34. The Morgan fingerprint density at radius 1 is 0.581 bits per heavy atom. The van der Waals surface area contributed by atoms with Gasteiger partial charge < -0.3 is 9.13 Å². The molecule has 4 aromatic carbocycles. The Labute approximate surface area is 178 Å². The number of nitrogens with zero attached hydrogens (tertiary/aromatic N) is 4. The number of hydrogen-bond donors (Lipinski definition) is 0. The number of aryl methyl sites for hydroxylation is 1. The highest BCUT2D eigenvalue weighted by molar-refractivity contribution is 6.11. The Morgan fingerprint density at radius 3 is 1.84 bits per heavy atom. The van der Waals surface area contributed by atoms with E-state index < -0.39 is 0 Å². The summed E-state index contributed by atoms with van der Waals surface area (Å²) in [5, 5.41) is 23.2. The summed E-state index contributed by atoms with van der Waals surface area (Å²) in [6.45, 7) is 0. The Bertz CT molecular complexity index is 1700. The first-order valence-corrected chi connectivity index (χ1v) is 10.1. The Kier molecular flexibility index (Phi) is 3.48. The van der Waals surface area contributed by atoms with Gasteiger partial charge in [-0.1, -0.05) is 24.3 Å². The van der Waals surface area contributed by atoms with E-state index in [2.05, 4.69) is 70.8 Å². The van der Waals surface area contributed by atoms with Crippen molar-refractivity contribution in [1.82, 2.24) is 9.13 Å². The minimum atomic E-state index is 0.609. The second kappa shape index (κ2) is 6.23. The lowest BCUT2D eigenvalue weighted by atomic mass is 10.1. The zero-order chi connectivity index (χ0) is 21.1. The largest absolute Gasteiger partial charge is 0.344 e. The average Bonchev–Trinajstić information content (AvgIpc) is 3.30. The van der Waals surface area contributed by atoms with Crippen LogP contribution >= 0.6 is 0 Å². The molecule has 0 radical (unpaired) electrons. The van der Waals surface area contributed by atoms with Gasteiger partial charge in [0.15, 0.2) is 0 Å². The molecule has 0 aliphatic carbocycles. The zero-order valence-electron chi connectivity index (χ0n) is 16.8. The molecule has 0 saturated heterocycles. The number of aromatic nitrogens is 2. The number of rotatable bonds is 1. The molecular formula is C27H16N4. The molecule has 0 fully saturated rings. The van der Waals surface area contributed by atoms with Crippen molar-refractivity contribution in [3.8, 4) is 17.8 Å². The average molecular weight is 396 g/mol. The fourth-order valence-electron chi connectivity index (χ4n) is 4.73. The molecule has 0 spiro atoms. The molecular weight excluding hydrogens is 380 g/mol. The molecule has 144 valence electrons. The molecule has 0 aliphatic rings. The molecule has 0 amide bonds. The number of fused-ring (bicyclic) bond motifs is 6. The maximum absolute atomic E-state index is 9.40. The SMILES string of the molecule is Cn1c2ccccc2c2ccc(-n3c4ccc(C#N)cc4c4cc(C#N)ccc43)cc21. The summed E-state index contributed by atoms with van der Waals surface area (Å²) >= 11 is 0. The summed E-state index contributed by atoms with van der Waals surface area (Å²) in [4.78, 5) is 0.